The molecule has 2 atom stereocenters. The minimum Gasteiger partial charge on any atom is -0.383 e. The van der Waals surface area contributed by atoms with Crippen LogP contribution in [0, 0.1) is 15.4 Å². The van der Waals surface area contributed by atoms with Gasteiger partial charge >= 0.3 is 0 Å². The first-order valence-corrected chi connectivity index (χ1v) is 8.40. The number of halogens is 1. The van der Waals surface area contributed by atoms with Crippen LogP contribution in [0.2, 0.25) is 0 Å². The van der Waals surface area contributed by atoms with E-state index in [9.17, 15) is 0 Å². The highest BCUT2D eigenvalue weighted by Gasteiger charge is 2.27. The Hall–Kier alpha value is -0.390. The van der Waals surface area contributed by atoms with E-state index in [-0.39, 0.29) is 0 Å². The van der Waals surface area contributed by atoms with Gasteiger partial charge in [-0.15, -0.1) is 0 Å². The number of nitrogens with zero attached hydrogens (tertiary/aromatic N) is 2. The molecule has 1 aliphatic rings. The highest BCUT2D eigenvalue weighted by molar-refractivity contribution is 14.1. The van der Waals surface area contributed by atoms with Gasteiger partial charge in [-0.2, -0.15) is 0 Å². The van der Waals surface area contributed by atoms with Gasteiger partial charge in [-0.05, 0) is 60.1 Å². The van der Waals surface area contributed by atoms with Crippen molar-refractivity contribution in [3.8, 4) is 0 Å². The summed E-state index contributed by atoms with van der Waals surface area (Å²) < 4.78 is 1.04. The van der Waals surface area contributed by atoms with E-state index in [0.717, 1.165) is 27.4 Å². The molecular formula is C15H24IN3. The topological polar surface area (TPSA) is 51.8 Å². The van der Waals surface area contributed by atoms with E-state index in [1.165, 1.54) is 25.7 Å². The Morgan fingerprint density at radius 3 is 2.63 bits per heavy atom. The lowest BCUT2D eigenvalue weighted by Crippen LogP contribution is -2.11. The van der Waals surface area contributed by atoms with Crippen molar-refractivity contribution >= 4 is 28.4 Å². The third kappa shape index (κ3) is 3.58. The summed E-state index contributed by atoms with van der Waals surface area (Å²) >= 11 is 2.28. The molecule has 1 aliphatic carbocycles. The van der Waals surface area contributed by atoms with Crippen LogP contribution < -0.4 is 5.73 Å². The average molecular weight is 373 g/mol. The first-order chi connectivity index (χ1) is 9.01. The van der Waals surface area contributed by atoms with Gasteiger partial charge in [-0.1, -0.05) is 27.2 Å². The SMILES string of the molecule is CCC1CCC(c2nc(N)c(I)c(CC(C)C)n2)C1. The zero-order valence-electron chi connectivity index (χ0n) is 12.1. The van der Waals surface area contributed by atoms with Crippen LogP contribution in [0.15, 0.2) is 0 Å². The predicted molar refractivity (Wildman–Crippen MR) is 88.1 cm³/mol. The largest absolute Gasteiger partial charge is 0.383 e. The first-order valence-electron chi connectivity index (χ1n) is 7.33. The molecule has 0 radical (unpaired) electrons. The zero-order valence-corrected chi connectivity index (χ0v) is 14.3. The quantitative estimate of drug-likeness (QED) is 0.807. The molecule has 19 heavy (non-hydrogen) atoms. The molecule has 0 spiro atoms. The molecule has 0 aliphatic heterocycles. The fraction of sp³-hybridized carbons (Fsp3) is 0.733. The van der Waals surface area contributed by atoms with Crippen molar-refractivity contribution < 1.29 is 0 Å². The van der Waals surface area contributed by atoms with Gasteiger partial charge in [-0.3, -0.25) is 0 Å². The molecule has 4 heteroatoms. The number of anilines is 1. The van der Waals surface area contributed by atoms with E-state index in [2.05, 4.69) is 48.3 Å². The Labute approximate surface area is 129 Å². The van der Waals surface area contributed by atoms with Gasteiger partial charge in [0.25, 0.3) is 0 Å². The molecule has 1 saturated carbocycles. The standard InChI is InChI=1S/C15H24IN3/c1-4-10-5-6-11(8-10)15-18-12(7-9(2)3)13(16)14(17)19-15/h9-11H,4-8H2,1-3H3,(H2,17,18,19). The number of aromatic nitrogens is 2. The maximum Gasteiger partial charge on any atom is 0.140 e. The molecule has 1 heterocycles. The summed E-state index contributed by atoms with van der Waals surface area (Å²) in [5.74, 6) is 3.63. The van der Waals surface area contributed by atoms with Crippen LogP contribution in [0.1, 0.15) is 63.9 Å². The Balaban J connectivity index is 2.24. The Morgan fingerprint density at radius 1 is 1.32 bits per heavy atom. The summed E-state index contributed by atoms with van der Waals surface area (Å²) in [4.78, 5) is 9.38. The lowest BCUT2D eigenvalue weighted by atomic mass is 10.0. The molecule has 1 aromatic rings. The zero-order chi connectivity index (χ0) is 14.0. The molecule has 106 valence electrons. The molecule has 0 bridgehead atoms. The highest BCUT2D eigenvalue weighted by Crippen LogP contribution is 2.39. The van der Waals surface area contributed by atoms with E-state index in [4.69, 9.17) is 10.7 Å². The van der Waals surface area contributed by atoms with Crippen LogP contribution in [0.4, 0.5) is 5.82 Å². The third-order valence-corrected chi connectivity index (χ3v) is 5.22. The predicted octanol–water partition coefficient (Wildman–Crippen LogP) is 4.16. The molecular weight excluding hydrogens is 349 g/mol. The van der Waals surface area contributed by atoms with Crippen LogP contribution >= 0.6 is 22.6 Å². The smallest absolute Gasteiger partial charge is 0.140 e. The number of hydrogen-bond acceptors (Lipinski definition) is 3. The highest BCUT2D eigenvalue weighted by atomic mass is 127. The summed E-state index contributed by atoms with van der Waals surface area (Å²) in [5, 5.41) is 0. The normalized spacial score (nSPS) is 23.2. The van der Waals surface area contributed by atoms with Gasteiger partial charge in [0.05, 0.1) is 9.26 Å². The molecule has 0 aromatic carbocycles. The average Bonchev–Trinajstić information content (AvgIpc) is 2.82. The maximum atomic E-state index is 6.07. The van der Waals surface area contributed by atoms with Gasteiger partial charge in [0.15, 0.2) is 0 Å². The maximum absolute atomic E-state index is 6.07. The van der Waals surface area contributed by atoms with Gasteiger partial charge in [0.2, 0.25) is 0 Å². The van der Waals surface area contributed by atoms with Gasteiger partial charge in [-0.25, -0.2) is 9.97 Å². The van der Waals surface area contributed by atoms with E-state index < -0.39 is 0 Å². The van der Waals surface area contributed by atoms with Gasteiger partial charge < -0.3 is 5.73 Å². The number of hydrogen-bond donors (Lipinski definition) is 1. The van der Waals surface area contributed by atoms with Crippen LogP contribution in [0.3, 0.4) is 0 Å². The van der Waals surface area contributed by atoms with Crippen molar-refractivity contribution in [2.75, 3.05) is 5.73 Å². The van der Waals surface area contributed by atoms with E-state index >= 15 is 0 Å². The Kier molecular flexibility index (Phi) is 5.03. The Bertz CT molecular complexity index is 445. The molecule has 1 fully saturated rings. The Morgan fingerprint density at radius 2 is 2.05 bits per heavy atom. The molecule has 1 aromatic heterocycles. The molecule has 3 nitrogen and oxygen atoms in total. The molecule has 0 amide bonds. The number of nitrogens with two attached hydrogens (primary N) is 1. The molecule has 2 unspecified atom stereocenters. The second kappa shape index (κ2) is 6.37. The summed E-state index contributed by atoms with van der Waals surface area (Å²) in [6, 6.07) is 0. The van der Waals surface area contributed by atoms with Gasteiger partial charge in [0, 0.05) is 5.92 Å². The third-order valence-electron chi connectivity index (χ3n) is 4.05. The van der Waals surface area contributed by atoms with Crippen molar-refractivity contribution in [1.29, 1.82) is 0 Å². The van der Waals surface area contributed by atoms with Crippen LogP contribution in [-0.2, 0) is 6.42 Å². The fourth-order valence-electron chi connectivity index (χ4n) is 2.92. The van der Waals surface area contributed by atoms with Crippen molar-refractivity contribution in [2.45, 2.75) is 58.8 Å². The fourth-order valence-corrected chi connectivity index (χ4v) is 3.38. The van der Waals surface area contributed by atoms with Gasteiger partial charge in [0.1, 0.15) is 11.6 Å². The van der Waals surface area contributed by atoms with Crippen LogP contribution in [0.5, 0.6) is 0 Å². The molecule has 2 rings (SSSR count). The van der Waals surface area contributed by atoms with Crippen molar-refractivity contribution in [3.05, 3.63) is 15.1 Å². The number of nitrogen functional groups attached to an aromatic ring is 1. The number of rotatable bonds is 4. The monoisotopic (exact) mass is 373 g/mol. The van der Waals surface area contributed by atoms with Crippen LogP contribution in [-0.4, -0.2) is 9.97 Å². The van der Waals surface area contributed by atoms with Crippen molar-refractivity contribution in [3.63, 3.8) is 0 Å². The second-order valence-electron chi connectivity index (χ2n) is 6.11. The van der Waals surface area contributed by atoms with E-state index in [1.807, 2.05) is 0 Å². The lowest BCUT2D eigenvalue weighted by molar-refractivity contribution is 0.515. The molecule has 2 N–H and O–H groups in total. The first kappa shape index (κ1) is 15.0. The molecule has 0 saturated heterocycles. The summed E-state index contributed by atoms with van der Waals surface area (Å²) in [6.07, 6.45) is 6.03. The van der Waals surface area contributed by atoms with Crippen LogP contribution in [0.25, 0.3) is 0 Å². The minimum absolute atomic E-state index is 0.523. The summed E-state index contributed by atoms with van der Waals surface area (Å²) in [5.41, 5.74) is 7.21. The second-order valence-corrected chi connectivity index (χ2v) is 7.19. The summed E-state index contributed by atoms with van der Waals surface area (Å²) in [7, 11) is 0. The van der Waals surface area contributed by atoms with Crippen molar-refractivity contribution in [1.82, 2.24) is 9.97 Å². The minimum atomic E-state index is 0.523. The summed E-state index contributed by atoms with van der Waals surface area (Å²) in [6.45, 7) is 6.72. The van der Waals surface area contributed by atoms with E-state index in [0.29, 0.717) is 17.7 Å². The van der Waals surface area contributed by atoms with E-state index in [1.54, 1.807) is 0 Å². The van der Waals surface area contributed by atoms with Crippen molar-refractivity contribution in [2.24, 2.45) is 11.8 Å². The lowest BCUT2D eigenvalue weighted by Gasteiger charge is -2.14.